The van der Waals surface area contributed by atoms with E-state index in [1.165, 1.54) is 0 Å². The monoisotopic (exact) mass is 334 g/mol. The lowest BCUT2D eigenvalue weighted by Crippen LogP contribution is -2.62. The number of ketones is 1. The van der Waals surface area contributed by atoms with Gasteiger partial charge in [-0.05, 0) is 87.9 Å². The average molecular weight is 335 g/mol. The molecule has 136 valence electrons. The summed E-state index contributed by atoms with van der Waals surface area (Å²) >= 11 is 0. The Kier molecular flexibility index (Phi) is 3.76. The third-order valence-electron chi connectivity index (χ3n) is 9.32. The van der Waals surface area contributed by atoms with E-state index in [-0.39, 0.29) is 28.6 Å². The molecule has 0 bridgehead atoms. The van der Waals surface area contributed by atoms with Crippen LogP contribution in [0.25, 0.3) is 0 Å². The van der Waals surface area contributed by atoms with Gasteiger partial charge in [-0.15, -0.1) is 0 Å². The summed E-state index contributed by atoms with van der Waals surface area (Å²) in [6, 6.07) is 0. The van der Waals surface area contributed by atoms with Crippen molar-refractivity contribution in [3.05, 3.63) is 0 Å². The van der Waals surface area contributed by atoms with E-state index in [1.54, 1.807) is 6.92 Å². The summed E-state index contributed by atoms with van der Waals surface area (Å²) in [6.45, 7) is 6.35. The summed E-state index contributed by atoms with van der Waals surface area (Å²) in [5.74, 6) is 1.83. The van der Waals surface area contributed by atoms with Gasteiger partial charge in [-0.25, -0.2) is 0 Å². The Morgan fingerprint density at radius 1 is 0.958 bits per heavy atom. The summed E-state index contributed by atoms with van der Waals surface area (Å²) in [5, 5.41) is 21.9. The van der Waals surface area contributed by atoms with Crippen LogP contribution in [0.2, 0.25) is 0 Å². The van der Waals surface area contributed by atoms with Crippen LogP contribution in [0.1, 0.15) is 78.6 Å². The summed E-state index contributed by atoms with van der Waals surface area (Å²) < 4.78 is 0. The summed E-state index contributed by atoms with van der Waals surface area (Å²) in [4.78, 5) is 12.2. The first-order valence-electron chi connectivity index (χ1n) is 10.1. The fourth-order valence-electron chi connectivity index (χ4n) is 7.85. The molecule has 0 heterocycles. The molecule has 24 heavy (non-hydrogen) atoms. The van der Waals surface area contributed by atoms with E-state index in [0.29, 0.717) is 17.8 Å². The van der Waals surface area contributed by atoms with Crippen molar-refractivity contribution in [1.29, 1.82) is 0 Å². The van der Waals surface area contributed by atoms with Crippen molar-refractivity contribution >= 4 is 5.78 Å². The molecule has 4 saturated carbocycles. The van der Waals surface area contributed by atoms with Crippen LogP contribution in [0.5, 0.6) is 0 Å². The molecule has 4 aliphatic carbocycles. The first kappa shape index (κ1) is 17.0. The summed E-state index contributed by atoms with van der Waals surface area (Å²) in [6.07, 6.45) is 8.87. The van der Waals surface area contributed by atoms with Gasteiger partial charge in [0.05, 0.1) is 11.7 Å². The first-order valence-corrected chi connectivity index (χ1v) is 10.1. The highest BCUT2D eigenvalue weighted by molar-refractivity contribution is 5.80. The second-order valence-corrected chi connectivity index (χ2v) is 10.0. The molecular formula is C21H34O3. The molecule has 2 unspecified atom stereocenters. The zero-order chi connectivity index (χ0) is 17.3. The minimum Gasteiger partial charge on any atom is -0.393 e. The molecule has 2 N–H and O–H groups in total. The minimum atomic E-state index is -0.656. The van der Waals surface area contributed by atoms with Gasteiger partial charge in [0.15, 0.2) is 0 Å². The largest absolute Gasteiger partial charge is 0.393 e. The lowest BCUT2D eigenvalue weighted by molar-refractivity contribution is -0.210. The molecule has 4 rings (SSSR count). The van der Waals surface area contributed by atoms with Gasteiger partial charge in [-0.3, -0.25) is 4.79 Å². The number of aliphatic hydroxyl groups excluding tert-OH is 1. The number of hydrogen-bond acceptors (Lipinski definition) is 3. The van der Waals surface area contributed by atoms with Crippen LogP contribution >= 0.6 is 0 Å². The van der Waals surface area contributed by atoms with E-state index in [0.717, 1.165) is 57.8 Å². The predicted molar refractivity (Wildman–Crippen MR) is 93.4 cm³/mol. The molecule has 0 aromatic rings. The molecule has 3 nitrogen and oxygen atoms in total. The van der Waals surface area contributed by atoms with Gasteiger partial charge >= 0.3 is 0 Å². The number of Topliss-reactive ketones (excluding diaryl/α,β-unsaturated/α-hetero) is 1. The van der Waals surface area contributed by atoms with Crippen LogP contribution in [0.3, 0.4) is 0 Å². The van der Waals surface area contributed by atoms with Gasteiger partial charge < -0.3 is 10.2 Å². The highest BCUT2D eigenvalue weighted by Gasteiger charge is 2.67. The van der Waals surface area contributed by atoms with Crippen molar-refractivity contribution in [2.24, 2.45) is 34.5 Å². The molecule has 4 fully saturated rings. The molecule has 0 saturated heterocycles. The van der Waals surface area contributed by atoms with Crippen molar-refractivity contribution in [2.75, 3.05) is 0 Å². The third kappa shape index (κ3) is 2.00. The highest BCUT2D eigenvalue weighted by Crippen LogP contribution is 2.69. The predicted octanol–water partition coefficient (Wildman–Crippen LogP) is 3.71. The number of aliphatic hydroxyl groups is 2. The van der Waals surface area contributed by atoms with E-state index in [9.17, 15) is 15.0 Å². The van der Waals surface area contributed by atoms with Crippen LogP contribution in [-0.2, 0) is 4.79 Å². The van der Waals surface area contributed by atoms with Gasteiger partial charge in [0.25, 0.3) is 0 Å². The zero-order valence-electron chi connectivity index (χ0n) is 15.6. The van der Waals surface area contributed by atoms with Crippen LogP contribution in [0.15, 0.2) is 0 Å². The van der Waals surface area contributed by atoms with Crippen molar-refractivity contribution in [2.45, 2.75) is 90.3 Å². The lowest BCUT2D eigenvalue weighted by Gasteiger charge is -2.63. The van der Waals surface area contributed by atoms with Gasteiger partial charge in [0.2, 0.25) is 0 Å². The summed E-state index contributed by atoms with van der Waals surface area (Å²) in [5.41, 5.74) is -0.610. The normalized spacial score (nSPS) is 57.0. The number of fused-ring (bicyclic) bond motifs is 5. The maximum atomic E-state index is 12.2. The van der Waals surface area contributed by atoms with Gasteiger partial charge in [-0.1, -0.05) is 13.8 Å². The molecule has 0 radical (unpaired) electrons. The van der Waals surface area contributed by atoms with Crippen molar-refractivity contribution in [3.63, 3.8) is 0 Å². The Morgan fingerprint density at radius 2 is 1.71 bits per heavy atom. The van der Waals surface area contributed by atoms with Gasteiger partial charge in [0, 0.05) is 11.3 Å². The number of rotatable bonds is 1. The average Bonchev–Trinajstić information content (AvgIpc) is 2.80. The summed E-state index contributed by atoms with van der Waals surface area (Å²) in [7, 11) is 0. The second kappa shape index (κ2) is 5.30. The Hall–Kier alpha value is -0.410. The van der Waals surface area contributed by atoms with Gasteiger partial charge in [-0.2, -0.15) is 0 Å². The topological polar surface area (TPSA) is 57.5 Å². The van der Waals surface area contributed by atoms with Crippen LogP contribution in [-0.4, -0.2) is 27.7 Å². The molecule has 0 spiro atoms. The maximum Gasteiger partial charge on any atom is 0.133 e. The van der Waals surface area contributed by atoms with E-state index in [2.05, 4.69) is 13.8 Å². The van der Waals surface area contributed by atoms with Gasteiger partial charge in [0.1, 0.15) is 5.78 Å². The molecule has 8 atom stereocenters. The smallest absolute Gasteiger partial charge is 0.133 e. The quantitative estimate of drug-likeness (QED) is 0.768. The lowest BCUT2D eigenvalue weighted by atomic mass is 9.43. The standard InChI is InChI=1S/C21H34O3/c1-13(22)16-8-11-21(24)18-5-4-14-12-15(23)6-9-19(14,2)17(18)7-10-20(16,21)3/h14-18,23-24H,4-12H2,1-3H3/t14?,15?,16-,17+,18-,19+,20-,21+/m1/s1. The fourth-order valence-corrected chi connectivity index (χ4v) is 7.85. The Bertz CT molecular complexity index is 545. The van der Waals surface area contributed by atoms with Crippen molar-refractivity contribution in [1.82, 2.24) is 0 Å². The molecule has 0 amide bonds. The van der Waals surface area contributed by atoms with E-state index in [1.807, 2.05) is 0 Å². The number of carbonyl (C=O) groups excluding carboxylic acids is 1. The Labute approximate surface area is 146 Å². The number of carbonyl (C=O) groups is 1. The van der Waals surface area contributed by atoms with E-state index in [4.69, 9.17) is 0 Å². The maximum absolute atomic E-state index is 12.2. The molecule has 4 aliphatic rings. The van der Waals surface area contributed by atoms with Crippen LogP contribution < -0.4 is 0 Å². The molecule has 0 aliphatic heterocycles. The van der Waals surface area contributed by atoms with Crippen molar-refractivity contribution < 1.29 is 15.0 Å². The fraction of sp³-hybridized carbons (Fsp3) is 0.952. The van der Waals surface area contributed by atoms with E-state index >= 15 is 0 Å². The molecule has 3 heteroatoms. The highest BCUT2D eigenvalue weighted by atomic mass is 16.3. The zero-order valence-corrected chi connectivity index (χ0v) is 15.6. The first-order chi connectivity index (χ1) is 11.2. The molecule has 0 aromatic heterocycles. The third-order valence-corrected chi connectivity index (χ3v) is 9.32. The van der Waals surface area contributed by atoms with Crippen molar-refractivity contribution in [3.8, 4) is 0 Å². The Morgan fingerprint density at radius 3 is 2.42 bits per heavy atom. The second-order valence-electron chi connectivity index (χ2n) is 10.0. The van der Waals surface area contributed by atoms with E-state index < -0.39 is 5.60 Å². The molecular weight excluding hydrogens is 300 g/mol. The van der Waals surface area contributed by atoms with Crippen LogP contribution in [0.4, 0.5) is 0 Å². The minimum absolute atomic E-state index is 0.0437. The number of hydrogen-bond donors (Lipinski definition) is 2. The SMILES string of the molecule is CC(=O)[C@H]1CC[C@]2(O)[C@@H]3CCC4CC(O)CC[C@]4(C)[C@H]3CC[C@]12C. The molecule has 0 aromatic carbocycles. The Balaban J connectivity index is 1.68. The van der Waals surface area contributed by atoms with Crippen LogP contribution in [0, 0.1) is 34.5 Å².